The zero-order chi connectivity index (χ0) is 25.1. The first-order valence-electron chi connectivity index (χ1n) is 14.3. The predicted octanol–water partition coefficient (Wildman–Crippen LogP) is 8.69. The van der Waals surface area contributed by atoms with Crippen molar-refractivity contribution in [2.45, 2.75) is 148 Å². The van der Waals surface area contributed by atoms with E-state index in [1.165, 1.54) is 109 Å². The fraction of sp³-hybridized carbons (Fsp3) is 0.862. The first kappa shape index (κ1) is 33.0. The Bertz CT molecular complexity index is 496. The van der Waals surface area contributed by atoms with Crippen LogP contribution in [0, 0.1) is 0 Å². The van der Waals surface area contributed by atoms with Gasteiger partial charge in [-0.05, 0) is 50.5 Å². The number of carboxylic acid groups (broad SMARTS) is 1. The summed E-state index contributed by atoms with van der Waals surface area (Å²) < 4.78 is 0. The first-order valence-corrected chi connectivity index (χ1v) is 15.7. The van der Waals surface area contributed by atoms with Crippen molar-refractivity contribution in [1.82, 2.24) is 5.32 Å². The maximum absolute atomic E-state index is 11.9. The number of amides is 1. The lowest BCUT2D eigenvalue weighted by Gasteiger charge is -2.13. The van der Waals surface area contributed by atoms with E-state index in [0.717, 1.165) is 18.6 Å². The third-order valence-corrected chi connectivity index (χ3v) is 7.05. The second-order valence-electron chi connectivity index (χ2n) is 9.70. The number of nitrogens with one attached hydrogen (secondary N) is 1. The summed E-state index contributed by atoms with van der Waals surface area (Å²) in [5, 5.41) is 11.8. The van der Waals surface area contributed by atoms with Gasteiger partial charge in [-0.15, -0.1) is 0 Å². The van der Waals surface area contributed by atoms with Crippen molar-refractivity contribution in [3.05, 3.63) is 12.2 Å². The van der Waals surface area contributed by atoms with Gasteiger partial charge < -0.3 is 10.4 Å². The quantitative estimate of drug-likeness (QED) is 0.0926. The van der Waals surface area contributed by atoms with Gasteiger partial charge in [-0.1, -0.05) is 109 Å². The molecule has 0 aromatic carbocycles. The van der Waals surface area contributed by atoms with Crippen molar-refractivity contribution in [2.75, 3.05) is 12.0 Å². The lowest BCUT2D eigenvalue weighted by Crippen LogP contribution is -2.41. The molecule has 4 nitrogen and oxygen atoms in total. The fourth-order valence-electron chi connectivity index (χ4n) is 4.18. The van der Waals surface area contributed by atoms with E-state index < -0.39 is 12.0 Å². The maximum atomic E-state index is 11.9. The third-order valence-electron chi connectivity index (χ3n) is 6.41. The van der Waals surface area contributed by atoms with Crippen molar-refractivity contribution in [3.63, 3.8) is 0 Å². The summed E-state index contributed by atoms with van der Waals surface area (Å²) in [5.74, 6) is -0.312. The van der Waals surface area contributed by atoms with E-state index in [1.807, 2.05) is 6.26 Å². The van der Waals surface area contributed by atoms with Crippen LogP contribution in [0.15, 0.2) is 12.2 Å². The molecule has 5 heteroatoms. The van der Waals surface area contributed by atoms with E-state index in [-0.39, 0.29) is 5.91 Å². The molecule has 0 aliphatic carbocycles. The van der Waals surface area contributed by atoms with Crippen LogP contribution >= 0.6 is 11.8 Å². The number of aliphatic carboxylic acids is 1. The summed E-state index contributed by atoms with van der Waals surface area (Å²) >= 11 is 1.60. The zero-order valence-corrected chi connectivity index (χ0v) is 23.3. The Morgan fingerprint density at radius 3 is 1.62 bits per heavy atom. The Labute approximate surface area is 215 Å². The van der Waals surface area contributed by atoms with Gasteiger partial charge in [0, 0.05) is 6.42 Å². The molecule has 0 aromatic rings. The number of rotatable bonds is 26. The summed E-state index contributed by atoms with van der Waals surface area (Å²) in [6.07, 6.45) is 32.2. The monoisotopic (exact) mass is 497 g/mol. The molecule has 0 radical (unpaired) electrons. The molecular formula is C29H55NO3S. The molecule has 1 amide bonds. The van der Waals surface area contributed by atoms with Crippen LogP contribution in [0.25, 0.3) is 0 Å². The van der Waals surface area contributed by atoms with Crippen LogP contribution in [0.2, 0.25) is 0 Å². The number of carbonyl (C=O) groups excluding carboxylic acids is 1. The van der Waals surface area contributed by atoms with Gasteiger partial charge in [0.15, 0.2) is 0 Å². The van der Waals surface area contributed by atoms with E-state index >= 15 is 0 Å². The molecule has 0 fully saturated rings. The lowest BCUT2D eigenvalue weighted by atomic mass is 10.0. The van der Waals surface area contributed by atoms with Crippen LogP contribution in [0.3, 0.4) is 0 Å². The molecular weight excluding hydrogens is 442 g/mol. The Kier molecular flexibility index (Phi) is 25.9. The Hall–Kier alpha value is -0.970. The number of unbranched alkanes of at least 4 members (excludes halogenated alkanes) is 17. The smallest absolute Gasteiger partial charge is 0.326 e. The SMILES string of the molecule is CCCCCCCC/C=C\CCCCCCCCCCCCCC(=O)NC(CCSC)C(=O)O. The Morgan fingerprint density at radius 1 is 0.735 bits per heavy atom. The van der Waals surface area contributed by atoms with Gasteiger partial charge in [0.05, 0.1) is 0 Å². The maximum Gasteiger partial charge on any atom is 0.326 e. The molecule has 0 aliphatic heterocycles. The highest BCUT2D eigenvalue weighted by molar-refractivity contribution is 7.98. The van der Waals surface area contributed by atoms with E-state index in [0.29, 0.717) is 12.8 Å². The summed E-state index contributed by atoms with van der Waals surface area (Å²) in [5.41, 5.74) is 0. The van der Waals surface area contributed by atoms with Crippen molar-refractivity contribution in [3.8, 4) is 0 Å². The lowest BCUT2D eigenvalue weighted by molar-refractivity contribution is -0.141. The average molecular weight is 498 g/mol. The van der Waals surface area contributed by atoms with Crippen LogP contribution < -0.4 is 5.32 Å². The highest BCUT2D eigenvalue weighted by Crippen LogP contribution is 2.13. The van der Waals surface area contributed by atoms with Crippen molar-refractivity contribution in [2.24, 2.45) is 0 Å². The average Bonchev–Trinajstić information content (AvgIpc) is 2.82. The number of carboxylic acids is 1. The summed E-state index contributed by atoms with van der Waals surface area (Å²) in [7, 11) is 0. The Morgan fingerprint density at radius 2 is 1.18 bits per heavy atom. The third kappa shape index (κ3) is 24.2. The van der Waals surface area contributed by atoms with Gasteiger partial charge in [-0.2, -0.15) is 11.8 Å². The number of hydrogen-bond acceptors (Lipinski definition) is 3. The van der Waals surface area contributed by atoms with Crippen molar-refractivity contribution in [1.29, 1.82) is 0 Å². The molecule has 200 valence electrons. The summed E-state index contributed by atoms with van der Waals surface area (Å²) in [4.78, 5) is 23.1. The van der Waals surface area contributed by atoms with Crippen molar-refractivity contribution < 1.29 is 14.7 Å². The van der Waals surface area contributed by atoms with Gasteiger partial charge in [0.2, 0.25) is 5.91 Å². The Balaban J connectivity index is 3.34. The predicted molar refractivity (Wildman–Crippen MR) is 150 cm³/mol. The molecule has 2 N–H and O–H groups in total. The van der Waals surface area contributed by atoms with E-state index in [9.17, 15) is 9.59 Å². The molecule has 0 spiro atoms. The molecule has 0 saturated carbocycles. The van der Waals surface area contributed by atoms with Gasteiger partial charge in [-0.3, -0.25) is 4.79 Å². The molecule has 1 unspecified atom stereocenters. The molecule has 0 aliphatic rings. The molecule has 0 saturated heterocycles. The van der Waals surface area contributed by atoms with Crippen LogP contribution in [-0.4, -0.2) is 35.0 Å². The van der Waals surface area contributed by atoms with Crippen LogP contribution in [-0.2, 0) is 9.59 Å². The van der Waals surface area contributed by atoms with Crippen molar-refractivity contribution >= 4 is 23.6 Å². The number of carbonyl (C=O) groups is 2. The van der Waals surface area contributed by atoms with E-state index in [1.54, 1.807) is 11.8 Å². The van der Waals surface area contributed by atoms with Gasteiger partial charge in [0.25, 0.3) is 0 Å². The second-order valence-corrected chi connectivity index (χ2v) is 10.7. The molecule has 0 heterocycles. The minimum Gasteiger partial charge on any atom is -0.480 e. The second kappa shape index (κ2) is 26.6. The van der Waals surface area contributed by atoms with Crippen LogP contribution in [0.1, 0.15) is 142 Å². The first-order chi connectivity index (χ1) is 16.6. The van der Waals surface area contributed by atoms with Crippen LogP contribution in [0.4, 0.5) is 0 Å². The molecule has 34 heavy (non-hydrogen) atoms. The highest BCUT2D eigenvalue weighted by Gasteiger charge is 2.18. The van der Waals surface area contributed by atoms with E-state index in [4.69, 9.17) is 5.11 Å². The number of thioether (sulfide) groups is 1. The number of hydrogen-bond donors (Lipinski definition) is 2. The standard InChI is InChI=1S/C29H55NO3S/c1-3-4-5-6-7-8-9-10-11-12-13-14-15-16-17-18-19-20-21-22-23-24-28(31)30-27(29(32)33)25-26-34-2/h10-11,27H,3-9,12-26H2,1-2H3,(H,30,31)(H,32,33)/b11-10-. The number of allylic oxidation sites excluding steroid dienone is 2. The highest BCUT2D eigenvalue weighted by atomic mass is 32.2. The molecule has 0 aromatic heterocycles. The minimum atomic E-state index is -0.932. The largest absolute Gasteiger partial charge is 0.480 e. The van der Waals surface area contributed by atoms with Gasteiger partial charge >= 0.3 is 5.97 Å². The fourth-order valence-corrected chi connectivity index (χ4v) is 4.65. The zero-order valence-electron chi connectivity index (χ0n) is 22.5. The van der Waals surface area contributed by atoms with Crippen LogP contribution in [0.5, 0.6) is 0 Å². The molecule has 1 atom stereocenters. The summed E-state index contributed by atoms with van der Waals surface area (Å²) in [6, 6.07) is -0.744. The normalized spacial score (nSPS) is 12.3. The topological polar surface area (TPSA) is 66.4 Å². The van der Waals surface area contributed by atoms with Gasteiger partial charge in [-0.25, -0.2) is 4.79 Å². The van der Waals surface area contributed by atoms with E-state index in [2.05, 4.69) is 24.4 Å². The molecule has 0 rings (SSSR count). The molecule has 0 bridgehead atoms. The van der Waals surface area contributed by atoms with Gasteiger partial charge in [0.1, 0.15) is 6.04 Å². The minimum absolute atomic E-state index is 0.123. The summed E-state index contributed by atoms with van der Waals surface area (Å²) in [6.45, 7) is 2.27.